The van der Waals surface area contributed by atoms with E-state index >= 15 is 0 Å². The average molecular weight is 710 g/mol. The molecule has 0 aliphatic rings. The zero-order chi connectivity index (χ0) is 36.3. The molecule has 1 amide bonds. The standard InChI is InChI=1S/C44H87NO5/c1-3-5-7-9-11-13-15-17-19-21-23-25-27-29-33-37-41-49-43(42-50-44(47)45-38-34-30-31-35-39-46)48-40-36-32-28-26-24-22-20-18-16-14-12-10-8-6-4-2/h39,43H,3-38,40-42H2,1-2H3,(H,45,47). The van der Waals surface area contributed by atoms with Crippen LogP contribution in [0.1, 0.15) is 239 Å². The molecule has 0 aliphatic heterocycles. The van der Waals surface area contributed by atoms with Gasteiger partial charge in [-0.3, -0.25) is 0 Å². The summed E-state index contributed by atoms with van der Waals surface area (Å²) in [6.45, 7) is 6.53. The minimum Gasteiger partial charge on any atom is -0.444 e. The van der Waals surface area contributed by atoms with Gasteiger partial charge in [0, 0.05) is 26.2 Å². The first-order valence-electron chi connectivity index (χ1n) is 22.3. The molecule has 0 aromatic carbocycles. The monoisotopic (exact) mass is 710 g/mol. The maximum atomic E-state index is 12.2. The van der Waals surface area contributed by atoms with Crippen molar-refractivity contribution < 1.29 is 23.8 Å². The molecule has 0 aromatic rings. The molecular weight excluding hydrogens is 622 g/mol. The first-order chi connectivity index (χ1) is 24.7. The number of unbranched alkanes of at least 4 members (excludes halogenated alkanes) is 32. The van der Waals surface area contributed by atoms with Gasteiger partial charge >= 0.3 is 6.09 Å². The minimum absolute atomic E-state index is 0.120. The van der Waals surface area contributed by atoms with Gasteiger partial charge in [0.05, 0.1) is 0 Å². The van der Waals surface area contributed by atoms with Crippen molar-refractivity contribution in [1.29, 1.82) is 0 Å². The van der Waals surface area contributed by atoms with E-state index in [1.54, 1.807) is 0 Å². The third-order valence-corrected chi connectivity index (χ3v) is 9.97. The average Bonchev–Trinajstić information content (AvgIpc) is 3.12. The van der Waals surface area contributed by atoms with E-state index in [-0.39, 0.29) is 6.61 Å². The molecule has 0 heterocycles. The Morgan fingerprint density at radius 2 is 0.780 bits per heavy atom. The number of aldehydes is 1. The number of carbonyl (C=O) groups excluding carboxylic acids is 2. The van der Waals surface area contributed by atoms with E-state index < -0.39 is 12.4 Å². The normalized spacial score (nSPS) is 12.0. The molecule has 1 N–H and O–H groups in total. The van der Waals surface area contributed by atoms with Crippen molar-refractivity contribution in [2.75, 3.05) is 26.4 Å². The Bertz CT molecular complexity index is 660. The number of carbonyl (C=O) groups is 2. The highest BCUT2D eigenvalue weighted by atomic mass is 16.7. The second kappa shape index (κ2) is 44.0. The summed E-state index contributed by atoms with van der Waals surface area (Å²) in [6.07, 6.45) is 45.0. The predicted molar refractivity (Wildman–Crippen MR) is 214 cm³/mol. The summed E-state index contributed by atoms with van der Waals surface area (Å²) in [4.78, 5) is 22.6. The number of hydrogen-bond donors (Lipinski definition) is 1. The summed E-state index contributed by atoms with van der Waals surface area (Å²) in [5.41, 5.74) is 0. The Balaban J connectivity index is 3.95. The molecule has 1 atom stereocenters. The van der Waals surface area contributed by atoms with Gasteiger partial charge in [-0.1, -0.05) is 206 Å². The maximum Gasteiger partial charge on any atom is 0.407 e. The van der Waals surface area contributed by atoms with Crippen LogP contribution in [0.4, 0.5) is 4.79 Å². The van der Waals surface area contributed by atoms with E-state index in [9.17, 15) is 9.59 Å². The number of amides is 1. The molecule has 0 saturated carbocycles. The van der Waals surface area contributed by atoms with E-state index in [0.29, 0.717) is 26.2 Å². The molecule has 0 aliphatic carbocycles. The molecule has 0 bridgehead atoms. The molecule has 298 valence electrons. The molecule has 6 heteroatoms. The van der Waals surface area contributed by atoms with Crippen LogP contribution in [0.15, 0.2) is 0 Å². The second-order valence-corrected chi connectivity index (χ2v) is 15.0. The van der Waals surface area contributed by atoms with Crippen LogP contribution in [0.25, 0.3) is 0 Å². The molecule has 1 unspecified atom stereocenters. The molecular formula is C44H87NO5. The summed E-state index contributed by atoms with van der Waals surface area (Å²) < 4.78 is 17.5. The Morgan fingerprint density at radius 3 is 1.12 bits per heavy atom. The van der Waals surface area contributed by atoms with Crippen molar-refractivity contribution in [1.82, 2.24) is 5.32 Å². The summed E-state index contributed by atoms with van der Waals surface area (Å²) in [5, 5.41) is 2.80. The van der Waals surface area contributed by atoms with Crippen LogP contribution < -0.4 is 5.32 Å². The van der Waals surface area contributed by atoms with Crippen molar-refractivity contribution in [3.05, 3.63) is 0 Å². The third-order valence-electron chi connectivity index (χ3n) is 9.97. The zero-order valence-electron chi connectivity index (χ0n) is 33.8. The first kappa shape index (κ1) is 48.9. The van der Waals surface area contributed by atoms with Gasteiger partial charge in [0.2, 0.25) is 0 Å². The molecule has 0 radical (unpaired) electrons. The van der Waals surface area contributed by atoms with E-state index in [1.165, 1.54) is 186 Å². The van der Waals surface area contributed by atoms with E-state index in [4.69, 9.17) is 14.2 Å². The lowest BCUT2D eigenvalue weighted by atomic mass is 10.0. The van der Waals surface area contributed by atoms with E-state index in [0.717, 1.165) is 38.4 Å². The summed E-state index contributed by atoms with van der Waals surface area (Å²) in [7, 11) is 0. The Morgan fingerprint density at radius 1 is 0.460 bits per heavy atom. The molecule has 0 rings (SSSR count). The van der Waals surface area contributed by atoms with E-state index in [2.05, 4.69) is 19.2 Å². The third kappa shape index (κ3) is 41.3. The van der Waals surface area contributed by atoms with Crippen molar-refractivity contribution >= 4 is 12.4 Å². The van der Waals surface area contributed by atoms with Crippen LogP contribution in [0, 0.1) is 0 Å². The molecule has 0 aromatic heterocycles. The fourth-order valence-electron chi connectivity index (χ4n) is 6.61. The van der Waals surface area contributed by atoms with Crippen molar-refractivity contribution in [2.24, 2.45) is 0 Å². The zero-order valence-corrected chi connectivity index (χ0v) is 33.8. The minimum atomic E-state index is -0.503. The Kier molecular flexibility index (Phi) is 43.0. The highest BCUT2D eigenvalue weighted by molar-refractivity contribution is 5.67. The van der Waals surface area contributed by atoms with Crippen molar-refractivity contribution in [3.8, 4) is 0 Å². The summed E-state index contributed by atoms with van der Waals surface area (Å²) in [6, 6.07) is 0. The van der Waals surface area contributed by atoms with Gasteiger partial charge in [-0.05, 0) is 25.7 Å². The van der Waals surface area contributed by atoms with Crippen LogP contribution in [-0.4, -0.2) is 45.0 Å². The van der Waals surface area contributed by atoms with Crippen LogP contribution in [0.5, 0.6) is 0 Å². The molecule has 0 spiro atoms. The van der Waals surface area contributed by atoms with Crippen LogP contribution in [0.3, 0.4) is 0 Å². The van der Waals surface area contributed by atoms with Gasteiger partial charge < -0.3 is 24.3 Å². The van der Waals surface area contributed by atoms with Gasteiger partial charge in [-0.25, -0.2) is 4.79 Å². The van der Waals surface area contributed by atoms with Gasteiger partial charge in [0.25, 0.3) is 0 Å². The van der Waals surface area contributed by atoms with Crippen LogP contribution in [-0.2, 0) is 19.0 Å². The lowest BCUT2D eigenvalue weighted by Gasteiger charge is -2.19. The lowest BCUT2D eigenvalue weighted by Crippen LogP contribution is -2.31. The second-order valence-electron chi connectivity index (χ2n) is 15.0. The number of ether oxygens (including phenoxy) is 3. The smallest absolute Gasteiger partial charge is 0.407 e. The fraction of sp³-hybridized carbons (Fsp3) is 0.955. The summed E-state index contributed by atoms with van der Waals surface area (Å²) in [5.74, 6) is 0. The predicted octanol–water partition coefficient (Wildman–Crippen LogP) is 14.0. The van der Waals surface area contributed by atoms with Gasteiger partial charge in [0.1, 0.15) is 12.9 Å². The lowest BCUT2D eigenvalue weighted by molar-refractivity contribution is -0.164. The van der Waals surface area contributed by atoms with Gasteiger partial charge in [0.15, 0.2) is 6.29 Å². The van der Waals surface area contributed by atoms with Crippen LogP contribution in [0.2, 0.25) is 0 Å². The maximum absolute atomic E-state index is 12.2. The van der Waals surface area contributed by atoms with Crippen molar-refractivity contribution in [2.45, 2.75) is 245 Å². The fourth-order valence-corrected chi connectivity index (χ4v) is 6.61. The van der Waals surface area contributed by atoms with Crippen molar-refractivity contribution in [3.63, 3.8) is 0 Å². The number of rotatable bonds is 43. The van der Waals surface area contributed by atoms with Gasteiger partial charge in [-0.15, -0.1) is 0 Å². The van der Waals surface area contributed by atoms with Crippen LogP contribution >= 0.6 is 0 Å². The topological polar surface area (TPSA) is 73.9 Å². The Hall–Kier alpha value is -1.14. The SMILES string of the molecule is CCCCCCCCCCCCCCCCCCOC(COC(=O)NCCCCCC=O)OCCCCCCCCCCCCCCCCC. The quantitative estimate of drug-likeness (QED) is 0.0387. The summed E-state index contributed by atoms with van der Waals surface area (Å²) >= 11 is 0. The van der Waals surface area contributed by atoms with Gasteiger partial charge in [-0.2, -0.15) is 0 Å². The molecule has 0 saturated heterocycles. The highest BCUT2D eigenvalue weighted by Crippen LogP contribution is 2.15. The largest absolute Gasteiger partial charge is 0.444 e. The van der Waals surface area contributed by atoms with E-state index in [1.807, 2.05) is 0 Å². The number of hydrogen-bond acceptors (Lipinski definition) is 5. The first-order valence-corrected chi connectivity index (χ1v) is 22.3. The molecule has 50 heavy (non-hydrogen) atoms. The highest BCUT2D eigenvalue weighted by Gasteiger charge is 2.13. The number of alkyl carbamates (subject to hydrolysis) is 1. The Labute approximate surface area is 312 Å². The molecule has 0 fully saturated rings. The molecule has 6 nitrogen and oxygen atoms in total. The number of nitrogens with one attached hydrogen (secondary N) is 1.